The predicted molar refractivity (Wildman–Crippen MR) is 95.3 cm³/mol. The average molecular weight is 334 g/mol. The van der Waals surface area contributed by atoms with E-state index in [1.165, 1.54) is 25.7 Å². The third-order valence-corrected chi connectivity index (χ3v) is 4.12. The molecule has 2 rings (SSSR count). The van der Waals surface area contributed by atoms with Gasteiger partial charge in [0, 0.05) is 6.42 Å². The minimum Gasteiger partial charge on any atom is -0.491 e. The minimum atomic E-state index is -0.624. The quantitative estimate of drug-likeness (QED) is 0.529. The van der Waals surface area contributed by atoms with Gasteiger partial charge in [0.2, 0.25) is 0 Å². The lowest BCUT2D eigenvalue weighted by Gasteiger charge is -2.08. The number of benzene rings is 1. The van der Waals surface area contributed by atoms with Crippen molar-refractivity contribution in [2.75, 3.05) is 6.61 Å². The topological polar surface area (TPSA) is 39.4 Å². The Morgan fingerprint density at radius 1 is 1.04 bits per heavy atom. The number of halogens is 1. The molecule has 0 fully saturated rings. The van der Waals surface area contributed by atoms with Crippen LogP contribution < -0.4 is 10.4 Å². The van der Waals surface area contributed by atoms with Crippen LogP contribution in [0.15, 0.2) is 27.4 Å². The second kappa shape index (κ2) is 9.45. The van der Waals surface area contributed by atoms with Gasteiger partial charge in [0.15, 0.2) is 11.6 Å². The number of aryl methyl sites for hydroxylation is 1. The van der Waals surface area contributed by atoms with E-state index in [2.05, 4.69) is 6.92 Å². The molecule has 0 aliphatic carbocycles. The number of fused-ring (bicyclic) bond motifs is 1. The first-order valence-corrected chi connectivity index (χ1v) is 9.05. The first kappa shape index (κ1) is 18.5. The fraction of sp³-hybridized carbons (Fsp3) is 0.550. The summed E-state index contributed by atoms with van der Waals surface area (Å²) in [4.78, 5) is 12.2. The van der Waals surface area contributed by atoms with Crippen LogP contribution in [0.25, 0.3) is 10.8 Å². The first-order valence-electron chi connectivity index (χ1n) is 9.05. The van der Waals surface area contributed by atoms with E-state index in [0.717, 1.165) is 19.3 Å². The second-order valence-electron chi connectivity index (χ2n) is 6.21. The number of unbranched alkanes of at least 4 members (excludes halogenated alkanes) is 5. The molecule has 3 nitrogen and oxygen atoms in total. The lowest BCUT2D eigenvalue weighted by atomic mass is 10.1. The molecule has 24 heavy (non-hydrogen) atoms. The Morgan fingerprint density at radius 3 is 2.54 bits per heavy atom. The highest BCUT2D eigenvalue weighted by atomic mass is 19.1. The van der Waals surface area contributed by atoms with Gasteiger partial charge in [-0.15, -0.1) is 0 Å². The van der Waals surface area contributed by atoms with E-state index in [9.17, 15) is 9.18 Å². The van der Waals surface area contributed by atoms with Crippen LogP contribution in [0.2, 0.25) is 0 Å². The standard InChI is InChI=1S/C20H27FO3/c1-3-5-6-7-8-9-10-16-14-15-11-12-17(23-13-4-2)19(21)18(15)20(22)24-16/h11-12,14H,3-10,13H2,1-2H3. The highest BCUT2D eigenvalue weighted by Crippen LogP contribution is 2.25. The summed E-state index contributed by atoms with van der Waals surface area (Å²) >= 11 is 0. The Bertz CT molecular complexity index is 706. The summed E-state index contributed by atoms with van der Waals surface area (Å²) in [6.07, 6.45) is 8.57. The Labute approximate surface area is 142 Å². The normalized spacial score (nSPS) is 11.1. The molecule has 0 saturated carbocycles. The first-order chi connectivity index (χ1) is 11.7. The lowest BCUT2D eigenvalue weighted by molar-refractivity contribution is 0.302. The van der Waals surface area contributed by atoms with E-state index in [1.807, 2.05) is 6.92 Å². The van der Waals surface area contributed by atoms with Gasteiger partial charge in [-0.05, 0) is 30.4 Å². The van der Waals surface area contributed by atoms with Crippen LogP contribution in [0.3, 0.4) is 0 Å². The van der Waals surface area contributed by atoms with E-state index < -0.39 is 11.4 Å². The molecule has 1 aromatic carbocycles. The van der Waals surface area contributed by atoms with Crippen molar-refractivity contribution in [1.82, 2.24) is 0 Å². The summed E-state index contributed by atoms with van der Waals surface area (Å²) in [7, 11) is 0. The summed E-state index contributed by atoms with van der Waals surface area (Å²) in [6, 6.07) is 5.09. The van der Waals surface area contributed by atoms with Crippen LogP contribution in [0.1, 0.15) is 64.6 Å². The molecule has 2 aromatic rings. The van der Waals surface area contributed by atoms with Crippen LogP contribution in [-0.4, -0.2) is 6.61 Å². The molecule has 0 spiro atoms. The fourth-order valence-corrected chi connectivity index (χ4v) is 2.80. The molecule has 0 unspecified atom stereocenters. The minimum absolute atomic E-state index is 0.0182. The zero-order chi connectivity index (χ0) is 17.4. The van der Waals surface area contributed by atoms with Crippen molar-refractivity contribution < 1.29 is 13.5 Å². The van der Waals surface area contributed by atoms with Crippen molar-refractivity contribution in [3.8, 4) is 5.75 Å². The fourth-order valence-electron chi connectivity index (χ4n) is 2.80. The largest absolute Gasteiger partial charge is 0.491 e. The van der Waals surface area contributed by atoms with Crippen LogP contribution in [0.4, 0.5) is 4.39 Å². The van der Waals surface area contributed by atoms with Gasteiger partial charge in [0.05, 0.1) is 6.61 Å². The van der Waals surface area contributed by atoms with Crippen LogP contribution in [-0.2, 0) is 6.42 Å². The maximum absolute atomic E-state index is 14.4. The third kappa shape index (κ3) is 4.83. The molecule has 132 valence electrons. The van der Waals surface area contributed by atoms with Crippen molar-refractivity contribution in [2.24, 2.45) is 0 Å². The summed E-state index contributed by atoms with van der Waals surface area (Å²) < 4.78 is 25.1. The number of hydrogen-bond acceptors (Lipinski definition) is 3. The van der Waals surface area contributed by atoms with E-state index in [0.29, 0.717) is 24.2 Å². The molecule has 0 bridgehead atoms. The van der Waals surface area contributed by atoms with Crippen LogP contribution >= 0.6 is 0 Å². The average Bonchev–Trinajstić information content (AvgIpc) is 2.57. The van der Waals surface area contributed by atoms with E-state index in [1.54, 1.807) is 18.2 Å². The van der Waals surface area contributed by atoms with Crippen molar-refractivity contribution in [2.45, 2.75) is 65.2 Å². The molecule has 0 radical (unpaired) electrons. The van der Waals surface area contributed by atoms with Gasteiger partial charge in [-0.25, -0.2) is 9.18 Å². The molecule has 0 aliphatic heterocycles. The molecule has 0 aliphatic rings. The van der Waals surface area contributed by atoms with E-state index in [-0.39, 0.29) is 11.1 Å². The highest BCUT2D eigenvalue weighted by Gasteiger charge is 2.14. The molecular formula is C20H27FO3. The van der Waals surface area contributed by atoms with Gasteiger partial charge in [-0.3, -0.25) is 0 Å². The van der Waals surface area contributed by atoms with Crippen molar-refractivity contribution in [3.05, 3.63) is 40.2 Å². The molecule has 0 amide bonds. The van der Waals surface area contributed by atoms with Gasteiger partial charge in [-0.1, -0.05) is 52.0 Å². The molecule has 4 heteroatoms. The number of rotatable bonds is 10. The maximum atomic E-state index is 14.4. The second-order valence-corrected chi connectivity index (χ2v) is 6.21. The van der Waals surface area contributed by atoms with Crippen molar-refractivity contribution in [1.29, 1.82) is 0 Å². The zero-order valence-electron chi connectivity index (χ0n) is 14.7. The lowest BCUT2D eigenvalue weighted by Crippen LogP contribution is -2.06. The molecule has 0 saturated heterocycles. The van der Waals surface area contributed by atoms with Gasteiger partial charge in [0.25, 0.3) is 0 Å². The van der Waals surface area contributed by atoms with Crippen LogP contribution in [0.5, 0.6) is 5.75 Å². The number of ether oxygens (including phenoxy) is 1. The summed E-state index contributed by atoms with van der Waals surface area (Å²) in [6.45, 7) is 4.56. The summed E-state index contributed by atoms with van der Waals surface area (Å²) in [5, 5.41) is 0.559. The molecular weight excluding hydrogens is 307 g/mol. The van der Waals surface area contributed by atoms with Crippen molar-refractivity contribution >= 4 is 10.8 Å². The molecule has 1 aromatic heterocycles. The van der Waals surface area contributed by atoms with E-state index >= 15 is 0 Å². The van der Waals surface area contributed by atoms with E-state index in [4.69, 9.17) is 9.15 Å². The zero-order valence-corrected chi connectivity index (χ0v) is 14.7. The highest BCUT2D eigenvalue weighted by molar-refractivity contribution is 5.83. The smallest absolute Gasteiger partial charge is 0.346 e. The Balaban J connectivity index is 2.08. The monoisotopic (exact) mass is 334 g/mol. The van der Waals surface area contributed by atoms with Crippen molar-refractivity contribution in [3.63, 3.8) is 0 Å². The summed E-state index contributed by atoms with van der Waals surface area (Å²) in [5.74, 6) is 0.116. The SMILES string of the molecule is CCCCCCCCc1cc2ccc(OCCC)c(F)c2c(=O)o1. The Kier molecular flexibility index (Phi) is 7.29. The molecule has 1 heterocycles. The Hall–Kier alpha value is -1.84. The van der Waals surface area contributed by atoms with Gasteiger partial charge in [0.1, 0.15) is 11.1 Å². The van der Waals surface area contributed by atoms with Gasteiger partial charge < -0.3 is 9.15 Å². The van der Waals surface area contributed by atoms with Crippen LogP contribution in [0, 0.1) is 5.82 Å². The van der Waals surface area contributed by atoms with Gasteiger partial charge in [-0.2, -0.15) is 0 Å². The Morgan fingerprint density at radius 2 is 1.79 bits per heavy atom. The predicted octanol–water partition coefficient (Wildman–Crippen LogP) is 5.62. The summed E-state index contributed by atoms with van der Waals surface area (Å²) in [5.41, 5.74) is -0.618. The molecule has 0 atom stereocenters. The number of hydrogen-bond donors (Lipinski definition) is 0. The van der Waals surface area contributed by atoms with Gasteiger partial charge >= 0.3 is 5.63 Å². The molecule has 0 N–H and O–H groups in total. The third-order valence-electron chi connectivity index (χ3n) is 4.12. The maximum Gasteiger partial charge on any atom is 0.346 e.